The zero-order valence-electron chi connectivity index (χ0n) is 21.7. The Morgan fingerprint density at radius 2 is 1.61 bits per heavy atom. The number of benzene rings is 3. The van der Waals surface area contributed by atoms with Gasteiger partial charge in [0.25, 0.3) is 0 Å². The molecule has 5 nitrogen and oxygen atoms in total. The molecule has 1 aromatic heterocycles. The van der Waals surface area contributed by atoms with E-state index in [9.17, 15) is 4.79 Å². The van der Waals surface area contributed by atoms with Crippen molar-refractivity contribution in [2.24, 2.45) is 0 Å². The van der Waals surface area contributed by atoms with E-state index in [1.165, 1.54) is 11.8 Å². The van der Waals surface area contributed by atoms with Crippen LogP contribution in [0.4, 0.5) is 11.4 Å². The largest absolute Gasteiger partial charge is 0.496 e. The van der Waals surface area contributed by atoms with Gasteiger partial charge in [-0.05, 0) is 42.5 Å². The summed E-state index contributed by atoms with van der Waals surface area (Å²) in [6.45, 7) is 8.07. The minimum Gasteiger partial charge on any atom is -0.496 e. The van der Waals surface area contributed by atoms with E-state index in [1.807, 2.05) is 31.2 Å². The van der Waals surface area contributed by atoms with E-state index in [0.717, 1.165) is 93.1 Å². The minimum atomic E-state index is 0.106. The average molecular weight is 502 g/mol. The van der Waals surface area contributed by atoms with Crippen LogP contribution in [0.3, 0.4) is 0 Å². The number of nitrogens with zero attached hydrogens (tertiary/aromatic N) is 2. The van der Waals surface area contributed by atoms with Gasteiger partial charge in [0.05, 0.1) is 36.4 Å². The van der Waals surface area contributed by atoms with E-state index < -0.39 is 0 Å². The van der Waals surface area contributed by atoms with Gasteiger partial charge in [-0.1, -0.05) is 44.7 Å². The molecule has 0 atom stereocenters. The Labute approximate surface area is 217 Å². The molecule has 0 spiro atoms. The first-order valence-corrected chi connectivity index (χ1v) is 13.7. The maximum absolute atomic E-state index is 13.5. The number of aryl methyl sites for hydroxylation is 1. The van der Waals surface area contributed by atoms with Gasteiger partial charge in [0, 0.05) is 30.2 Å². The number of aromatic nitrogens is 1. The molecular weight excluding hydrogens is 468 g/mol. The van der Waals surface area contributed by atoms with E-state index in [1.54, 1.807) is 14.2 Å². The third-order valence-corrected chi connectivity index (χ3v) is 7.66. The van der Waals surface area contributed by atoms with Crippen molar-refractivity contribution in [1.29, 1.82) is 0 Å². The summed E-state index contributed by atoms with van der Waals surface area (Å²) in [7, 11) is 3.45. The average Bonchev–Trinajstić information content (AvgIpc) is 2.90. The van der Waals surface area contributed by atoms with Crippen molar-refractivity contribution >= 4 is 50.1 Å². The van der Waals surface area contributed by atoms with Gasteiger partial charge in [-0.3, -0.25) is 4.79 Å². The number of carbonyl (C=O) groups excluding carboxylic acids is 1. The summed E-state index contributed by atoms with van der Waals surface area (Å²) in [6, 6.07) is 16.6. The van der Waals surface area contributed by atoms with Crippen molar-refractivity contribution in [3.8, 4) is 22.6 Å². The fraction of sp³-hybridized carbons (Fsp3) is 0.333. The fourth-order valence-corrected chi connectivity index (χ4v) is 6.17. The molecule has 0 aliphatic carbocycles. The number of carbonyl (C=O) groups is 1. The van der Waals surface area contributed by atoms with Gasteiger partial charge in [0.15, 0.2) is 0 Å². The number of ether oxygens (including phenoxy) is 2. The minimum absolute atomic E-state index is 0.106. The van der Waals surface area contributed by atoms with Crippen molar-refractivity contribution in [1.82, 2.24) is 0 Å². The Balaban J connectivity index is 2.10. The number of hydrogen-bond acceptors (Lipinski definition) is 5. The second-order valence-corrected chi connectivity index (χ2v) is 10.2. The summed E-state index contributed by atoms with van der Waals surface area (Å²) in [5.41, 5.74) is 7.19. The van der Waals surface area contributed by atoms with Crippen LogP contribution in [0.5, 0.6) is 11.5 Å². The van der Waals surface area contributed by atoms with Crippen LogP contribution in [0.2, 0.25) is 0 Å². The highest BCUT2D eigenvalue weighted by Crippen LogP contribution is 2.54. The van der Waals surface area contributed by atoms with Crippen molar-refractivity contribution in [3.05, 3.63) is 54.1 Å². The molecule has 36 heavy (non-hydrogen) atoms. The van der Waals surface area contributed by atoms with Crippen LogP contribution < -0.4 is 18.9 Å². The van der Waals surface area contributed by atoms with Crippen LogP contribution >= 0.6 is 11.8 Å². The number of methoxy groups -OCH3 is 2. The van der Waals surface area contributed by atoms with Gasteiger partial charge in [-0.25, -0.2) is 0 Å². The van der Waals surface area contributed by atoms with Gasteiger partial charge in [-0.2, -0.15) is 4.57 Å². The number of fused-ring (bicyclic) bond motifs is 4. The van der Waals surface area contributed by atoms with Crippen molar-refractivity contribution < 1.29 is 18.8 Å². The highest BCUT2D eigenvalue weighted by atomic mass is 32.2. The van der Waals surface area contributed by atoms with Crippen LogP contribution in [0, 0.1) is 0 Å². The molecule has 0 bridgehead atoms. The monoisotopic (exact) mass is 501 g/mol. The smallest absolute Gasteiger partial charge is 0.227 e. The molecular formula is C30H33N2O3S+. The Morgan fingerprint density at radius 1 is 0.861 bits per heavy atom. The van der Waals surface area contributed by atoms with Crippen LogP contribution in [-0.4, -0.2) is 31.6 Å². The first kappa shape index (κ1) is 24.4. The molecule has 6 heteroatoms. The maximum atomic E-state index is 13.5. The third kappa shape index (κ3) is 3.62. The number of rotatable bonds is 8. The first-order valence-electron chi connectivity index (χ1n) is 12.7. The lowest BCUT2D eigenvalue weighted by Gasteiger charge is -2.34. The molecule has 1 aliphatic heterocycles. The van der Waals surface area contributed by atoms with E-state index >= 15 is 0 Å². The van der Waals surface area contributed by atoms with Crippen LogP contribution in [0.25, 0.3) is 32.9 Å². The summed E-state index contributed by atoms with van der Waals surface area (Å²) in [4.78, 5) is 15.8. The van der Waals surface area contributed by atoms with E-state index in [2.05, 4.69) is 47.6 Å². The Hall–Kier alpha value is -3.25. The van der Waals surface area contributed by atoms with E-state index in [0.29, 0.717) is 0 Å². The fourth-order valence-electron chi connectivity index (χ4n) is 5.58. The Morgan fingerprint density at radius 3 is 2.31 bits per heavy atom. The van der Waals surface area contributed by atoms with Crippen molar-refractivity contribution in [2.75, 3.05) is 31.4 Å². The summed E-state index contributed by atoms with van der Waals surface area (Å²) in [5.74, 6) is 2.38. The van der Waals surface area contributed by atoms with Crippen LogP contribution in [0.15, 0.2) is 48.5 Å². The Bertz CT molecular complexity index is 1480. The molecule has 3 aromatic carbocycles. The SMILES string of the molecule is CCCN1c2cccc(OC)c2-c2c3c(OC)cccc3[n+](CCC)c3c(C(=O)SCC)ccc1c23. The summed E-state index contributed by atoms with van der Waals surface area (Å²) in [5, 5.41) is 2.25. The van der Waals surface area contributed by atoms with Crippen molar-refractivity contribution in [3.63, 3.8) is 0 Å². The standard InChI is InChI=1S/C30H33N2O3S/c1-6-17-31-20-11-9-13-23(34-4)25(20)28-26-21(12-10-14-24(26)35-5)32(18-7-2)29-19(30(33)36-8-3)15-16-22(31)27(28)29/h9-16H,6-8,17-18H2,1-5H3/q+1. The molecule has 4 aromatic rings. The second kappa shape index (κ2) is 10.0. The molecule has 0 amide bonds. The topological polar surface area (TPSA) is 42.7 Å². The number of hydrogen-bond donors (Lipinski definition) is 0. The van der Waals surface area contributed by atoms with E-state index in [-0.39, 0.29) is 5.12 Å². The quantitative estimate of drug-likeness (QED) is 0.190. The summed E-state index contributed by atoms with van der Waals surface area (Å²) in [6.07, 6.45) is 1.94. The van der Waals surface area contributed by atoms with E-state index in [4.69, 9.17) is 9.47 Å². The number of anilines is 2. The highest BCUT2D eigenvalue weighted by Gasteiger charge is 2.36. The van der Waals surface area contributed by atoms with Crippen molar-refractivity contribution in [2.45, 2.75) is 40.2 Å². The summed E-state index contributed by atoms with van der Waals surface area (Å²) < 4.78 is 14.2. The molecule has 0 radical (unpaired) electrons. The lowest BCUT2D eigenvalue weighted by Crippen LogP contribution is -2.38. The molecule has 0 saturated heterocycles. The highest BCUT2D eigenvalue weighted by molar-refractivity contribution is 8.14. The van der Waals surface area contributed by atoms with Gasteiger partial charge in [-0.15, -0.1) is 0 Å². The summed E-state index contributed by atoms with van der Waals surface area (Å²) >= 11 is 1.37. The normalized spacial score (nSPS) is 12.2. The van der Waals surface area contributed by atoms with Crippen LogP contribution in [0.1, 0.15) is 44.0 Å². The van der Waals surface area contributed by atoms with Crippen LogP contribution in [-0.2, 0) is 6.54 Å². The molecule has 186 valence electrons. The molecule has 0 fully saturated rings. The number of thioether (sulfide) groups is 1. The van der Waals surface area contributed by atoms with Gasteiger partial charge < -0.3 is 14.4 Å². The molecule has 1 aliphatic rings. The first-order chi connectivity index (χ1) is 17.6. The second-order valence-electron chi connectivity index (χ2n) is 8.96. The number of pyridine rings is 1. The molecule has 0 unspecified atom stereocenters. The molecule has 0 saturated carbocycles. The third-order valence-electron chi connectivity index (χ3n) is 6.89. The molecule has 5 rings (SSSR count). The molecule has 0 N–H and O–H groups in total. The van der Waals surface area contributed by atoms with Gasteiger partial charge in [0.1, 0.15) is 23.6 Å². The zero-order chi connectivity index (χ0) is 25.4. The predicted octanol–water partition coefficient (Wildman–Crippen LogP) is 7.13. The maximum Gasteiger partial charge on any atom is 0.227 e. The predicted molar refractivity (Wildman–Crippen MR) is 150 cm³/mol. The van der Waals surface area contributed by atoms with Gasteiger partial charge >= 0.3 is 0 Å². The van der Waals surface area contributed by atoms with Gasteiger partial charge in [0.2, 0.25) is 16.1 Å². The Kier molecular flexibility index (Phi) is 6.80. The zero-order valence-corrected chi connectivity index (χ0v) is 22.5. The lowest BCUT2D eigenvalue weighted by atomic mass is 9.87. The molecule has 2 heterocycles. The lowest BCUT2D eigenvalue weighted by molar-refractivity contribution is -0.645.